The number of nitrogens with one attached hydrogen (secondary N) is 3. The fourth-order valence-corrected chi connectivity index (χ4v) is 2.66. The summed E-state index contributed by atoms with van der Waals surface area (Å²) in [4.78, 5) is 24.9. The van der Waals surface area contributed by atoms with Crippen molar-refractivity contribution in [3.05, 3.63) is 47.3 Å². The number of hydrogen-bond donors (Lipinski definition) is 3. The Balaban J connectivity index is 1.65. The van der Waals surface area contributed by atoms with Crippen LogP contribution < -0.4 is 16.0 Å². The smallest absolute Gasteiger partial charge is 0.337 e. The molecule has 2 aromatic rings. The highest BCUT2D eigenvalue weighted by molar-refractivity contribution is 7.80. The van der Waals surface area contributed by atoms with Crippen LogP contribution in [0.4, 0.5) is 11.6 Å². The van der Waals surface area contributed by atoms with E-state index >= 15 is 0 Å². The largest absolute Gasteiger partial charge is 0.465 e. The third-order valence-corrected chi connectivity index (χ3v) is 4.07. The van der Waals surface area contributed by atoms with Gasteiger partial charge in [-0.25, -0.2) is 19.8 Å². The number of hydrogen-bond acceptors (Lipinski definition) is 6. The number of carbonyl (C=O) groups is 1. The highest BCUT2D eigenvalue weighted by atomic mass is 32.1. The molecule has 3 rings (SSSR count). The van der Waals surface area contributed by atoms with Crippen molar-refractivity contribution in [3.8, 4) is 0 Å². The van der Waals surface area contributed by atoms with Crippen LogP contribution >= 0.6 is 12.2 Å². The van der Waals surface area contributed by atoms with Crippen LogP contribution in [-0.2, 0) is 4.74 Å². The molecule has 8 nitrogen and oxygen atoms in total. The van der Waals surface area contributed by atoms with Gasteiger partial charge in [0.15, 0.2) is 5.11 Å². The average molecular weight is 398 g/mol. The molecule has 0 bridgehead atoms. The molecule has 1 fully saturated rings. The predicted octanol–water partition coefficient (Wildman–Crippen LogP) is 2.80. The molecule has 0 aliphatic heterocycles. The van der Waals surface area contributed by atoms with Gasteiger partial charge in [-0.15, -0.1) is 0 Å². The fourth-order valence-electron chi connectivity index (χ4n) is 2.45. The van der Waals surface area contributed by atoms with Crippen molar-refractivity contribution in [1.82, 2.24) is 15.3 Å². The SMILES string of the molecule is COC(=O)c1ccc(NC(=S)NC(=NC2CC2)Nc2nc(C)cc(C)n2)cc1. The molecule has 1 heterocycles. The number of carbonyl (C=O) groups excluding carboxylic acids is 1. The standard InChI is InChI=1S/C19H22N6O2S/c1-11-10-12(2)21-17(20-11)24-18(22-14-8-9-14)25-19(28)23-15-6-4-13(5-7-15)16(26)27-3/h4-7,10,14H,8-9H2,1-3H3,(H3,20,21,22,23,24,25,28). The van der Waals surface area contributed by atoms with Crippen molar-refractivity contribution in [2.75, 3.05) is 17.7 Å². The van der Waals surface area contributed by atoms with E-state index in [0.717, 1.165) is 29.9 Å². The Bertz CT molecular complexity index is 889. The monoisotopic (exact) mass is 398 g/mol. The van der Waals surface area contributed by atoms with Crippen molar-refractivity contribution in [2.24, 2.45) is 4.99 Å². The zero-order chi connectivity index (χ0) is 20.1. The molecule has 0 amide bonds. The Labute approximate surface area is 168 Å². The van der Waals surface area contributed by atoms with Crippen molar-refractivity contribution in [1.29, 1.82) is 0 Å². The van der Waals surface area contributed by atoms with E-state index in [1.54, 1.807) is 24.3 Å². The maximum Gasteiger partial charge on any atom is 0.337 e. The van der Waals surface area contributed by atoms with Crippen LogP contribution in [0.15, 0.2) is 35.3 Å². The zero-order valence-corrected chi connectivity index (χ0v) is 16.8. The van der Waals surface area contributed by atoms with E-state index in [4.69, 9.17) is 17.0 Å². The van der Waals surface area contributed by atoms with Crippen LogP contribution in [0.2, 0.25) is 0 Å². The number of thiocarbonyl (C=S) groups is 1. The molecule has 3 N–H and O–H groups in total. The fraction of sp³-hybridized carbons (Fsp3) is 0.316. The summed E-state index contributed by atoms with van der Waals surface area (Å²) < 4.78 is 4.69. The van der Waals surface area contributed by atoms with E-state index in [-0.39, 0.29) is 12.0 Å². The Morgan fingerprint density at radius 2 is 1.79 bits per heavy atom. The molecule has 0 unspecified atom stereocenters. The van der Waals surface area contributed by atoms with Gasteiger partial charge in [-0.2, -0.15) is 0 Å². The van der Waals surface area contributed by atoms with Crippen LogP contribution in [0, 0.1) is 13.8 Å². The van der Waals surface area contributed by atoms with E-state index in [1.165, 1.54) is 7.11 Å². The Hall–Kier alpha value is -3.07. The molecule has 28 heavy (non-hydrogen) atoms. The van der Waals surface area contributed by atoms with Crippen molar-refractivity contribution < 1.29 is 9.53 Å². The highest BCUT2D eigenvalue weighted by Crippen LogP contribution is 2.23. The van der Waals surface area contributed by atoms with Crippen LogP contribution in [-0.4, -0.2) is 40.2 Å². The van der Waals surface area contributed by atoms with Gasteiger partial charge in [0.05, 0.1) is 18.7 Å². The number of anilines is 2. The number of ether oxygens (including phenoxy) is 1. The number of guanidine groups is 1. The number of esters is 1. The van der Waals surface area contributed by atoms with Crippen LogP contribution in [0.5, 0.6) is 0 Å². The normalized spacial score (nSPS) is 13.6. The number of aliphatic imine (C=N–C) groups is 1. The number of benzene rings is 1. The van der Waals surface area contributed by atoms with E-state index < -0.39 is 0 Å². The molecule has 0 radical (unpaired) electrons. The van der Waals surface area contributed by atoms with Crippen molar-refractivity contribution >= 4 is 40.9 Å². The van der Waals surface area contributed by atoms with Crippen LogP contribution in [0.25, 0.3) is 0 Å². The number of nitrogens with zero attached hydrogens (tertiary/aromatic N) is 3. The zero-order valence-electron chi connectivity index (χ0n) is 15.9. The maximum atomic E-state index is 11.5. The van der Waals surface area contributed by atoms with Gasteiger partial charge < -0.3 is 15.4 Å². The first-order chi connectivity index (χ1) is 13.4. The molecular weight excluding hydrogens is 376 g/mol. The van der Waals surface area contributed by atoms with Gasteiger partial charge in [-0.3, -0.25) is 5.32 Å². The lowest BCUT2D eigenvalue weighted by Crippen LogP contribution is -2.39. The molecule has 1 aliphatic carbocycles. The lowest BCUT2D eigenvalue weighted by molar-refractivity contribution is 0.0601. The first-order valence-electron chi connectivity index (χ1n) is 8.86. The van der Waals surface area contributed by atoms with Gasteiger partial charge in [-0.05, 0) is 69.2 Å². The molecule has 146 valence electrons. The van der Waals surface area contributed by atoms with Gasteiger partial charge in [0.2, 0.25) is 11.9 Å². The molecule has 1 aromatic heterocycles. The molecule has 0 spiro atoms. The molecule has 1 aromatic carbocycles. The molecule has 1 aliphatic rings. The molecule has 1 saturated carbocycles. The summed E-state index contributed by atoms with van der Waals surface area (Å²) in [7, 11) is 1.35. The topological polar surface area (TPSA) is 101 Å². The third kappa shape index (κ3) is 5.71. The van der Waals surface area contributed by atoms with Gasteiger partial charge >= 0.3 is 5.97 Å². The van der Waals surface area contributed by atoms with Gasteiger partial charge in [0.25, 0.3) is 0 Å². The first-order valence-corrected chi connectivity index (χ1v) is 9.27. The lowest BCUT2D eigenvalue weighted by Gasteiger charge is -2.14. The number of methoxy groups -OCH3 is 1. The molecular formula is C19H22N6O2S. The lowest BCUT2D eigenvalue weighted by atomic mass is 10.2. The summed E-state index contributed by atoms with van der Waals surface area (Å²) in [5, 5.41) is 9.60. The Morgan fingerprint density at radius 3 is 2.36 bits per heavy atom. The molecule has 0 atom stereocenters. The minimum atomic E-state index is -0.385. The summed E-state index contributed by atoms with van der Waals surface area (Å²) in [6.45, 7) is 3.82. The molecule has 9 heteroatoms. The number of aromatic nitrogens is 2. The van der Waals surface area contributed by atoms with Gasteiger partial charge in [0.1, 0.15) is 0 Å². The van der Waals surface area contributed by atoms with Crippen LogP contribution in [0.1, 0.15) is 34.6 Å². The van der Waals surface area contributed by atoms with Gasteiger partial charge in [-0.1, -0.05) is 0 Å². The minimum Gasteiger partial charge on any atom is -0.465 e. The summed E-state index contributed by atoms with van der Waals surface area (Å²) in [5.41, 5.74) is 2.94. The quantitative estimate of drug-likeness (QED) is 0.313. The Kier molecular flexibility index (Phi) is 6.15. The second kappa shape index (κ2) is 8.75. The summed E-state index contributed by atoms with van der Waals surface area (Å²) in [5.74, 6) is 0.578. The van der Waals surface area contributed by atoms with E-state index in [1.807, 2.05) is 19.9 Å². The van der Waals surface area contributed by atoms with Gasteiger partial charge in [0, 0.05) is 17.1 Å². The highest BCUT2D eigenvalue weighted by Gasteiger charge is 2.22. The summed E-state index contributed by atoms with van der Waals surface area (Å²) in [6, 6.07) is 9.01. The minimum absolute atomic E-state index is 0.281. The Morgan fingerprint density at radius 1 is 1.14 bits per heavy atom. The average Bonchev–Trinajstić information content (AvgIpc) is 3.44. The van der Waals surface area contributed by atoms with E-state index in [0.29, 0.717) is 22.6 Å². The third-order valence-electron chi connectivity index (χ3n) is 3.87. The second-order valence-corrected chi connectivity index (χ2v) is 6.86. The molecule has 0 saturated heterocycles. The van der Waals surface area contributed by atoms with E-state index in [2.05, 4.69) is 30.9 Å². The predicted molar refractivity (Wildman–Crippen MR) is 113 cm³/mol. The number of aryl methyl sites for hydroxylation is 2. The number of rotatable bonds is 4. The van der Waals surface area contributed by atoms with Crippen molar-refractivity contribution in [2.45, 2.75) is 32.7 Å². The summed E-state index contributed by atoms with van der Waals surface area (Å²) >= 11 is 5.39. The first kappa shape index (κ1) is 19.7. The van der Waals surface area contributed by atoms with Crippen molar-refractivity contribution in [3.63, 3.8) is 0 Å². The van der Waals surface area contributed by atoms with Crippen LogP contribution in [0.3, 0.4) is 0 Å². The second-order valence-electron chi connectivity index (χ2n) is 6.46. The maximum absolute atomic E-state index is 11.5. The van der Waals surface area contributed by atoms with E-state index in [9.17, 15) is 4.79 Å². The summed E-state index contributed by atoms with van der Waals surface area (Å²) in [6.07, 6.45) is 2.10.